The van der Waals surface area contributed by atoms with Crippen molar-refractivity contribution in [3.8, 4) is 11.1 Å². The van der Waals surface area contributed by atoms with Crippen molar-refractivity contribution in [3.05, 3.63) is 175 Å². The average Bonchev–Trinajstić information content (AvgIpc) is 3.87. The van der Waals surface area contributed by atoms with Crippen LogP contribution in [-0.4, -0.2) is 16.4 Å². The molecule has 0 unspecified atom stereocenters. The molecule has 0 radical (unpaired) electrons. The Bertz CT molecular complexity index is 3050. The summed E-state index contributed by atoms with van der Waals surface area (Å²) in [5.74, 6) is 0.823. The molecule has 0 aliphatic carbocycles. The number of fused-ring (bicyclic) bond motifs is 9. The van der Waals surface area contributed by atoms with E-state index in [1.807, 2.05) is 54.6 Å². The first-order chi connectivity index (χ1) is 25.6. The summed E-state index contributed by atoms with van der Waals surface area (Å²) in [6, 6.07) is 54.0. The molecule has 246 valence electrons. The Balaban J connectivity index is 1.14. The predicted molar refractivity (Wildman–Crippen MR) is 221 cm³/mol. The smallest absolute Gasteiger partial charge is 0.237 e. The fourth-order valence-corrected chi connectivity index (χ4v) is 8.67. The second kappa shape index (κ2) is 11.9. The number of aliphatic imine (C=N–C) groups is 2. The highest BCUT2D eigenvalue weighted by Gasteiger charge is 2.18. The number of nitrogens with zero attached hydrogens (tertiary/aromatic N) is 3. The molecule has 0 aliphatic rings. The van der Waals surface area contributed by atoms with Crippen LogP contribution < -0.4 is 5.73 Å². The Hall–Kier alpha value is -6.76. The standard InChI is InChI=1S/C46H30N4OS/c1-28(48-46(49-45(47)29-13-3-2-4-14-29)50-39-22-8-5-15-33(39)34-16-6-9-23-40(34)50)31-18-11-21-38-36-26-25-30(27-42(36)52-44(31)38)32-19-12-20-37-35-17-7-10-24-41(35)51-43(32)37/h2-27H,1H2,(H2,47,48,49). The molecule has 7 aromatic carbocycles. The molecule has 5 nitrogen and oxygen atoms in total. The summed E-state index contributed by atoms with van der Waals surface area (Å²) >= 11 is 1.75. The van der Waals surface area contributed by atoms with Crippen molar-refractivity contribution >= 4 is 92.7 Å². The van der Waals surface area contributed by atoms with Gasteiger partial charge < -0.3 is 10.2 Å². The van der Waals surface area contributed by atoms with Crippen LogP contribution in [0.25, 0.3) is 80.7 Å². The lowest BCUT2D eigenvalue weighted by Crippen LogP contribution is -2.19. The van der Waals surface area contributed by atoms with E-state index in [0.717, 1.165) is 76.1 Å². The van der Waals surface area contributed by atoms with Gasteiger partial charge in [0.15, 0.2) is 0 Å². The molecule has 0 fully saturated rings. The number of rotatable bonds is 4. The Morgan fingerprint density at radius 3 is 2.04 bits per heavy atom. The number of nitrogens with two attached hydrogens (primary N) is 1. The maximum Gasteiger partial charge on any atom is 0.237 e. The minimum absolute atomic E-state index is 0.376. The third-order valence-electron chi connectivity index (χ3n) is 9.83. The first kappa shape index (κ1) is 30.1. The highest BCUT2D eigenvalue weighted by Crippen LogP contribution is 2.42. The molecule has 10 rings (SSSR count). The number of furan rings is 1. The van der Waals surface area contributed by atoms with Gasteiger partial charge in [-0.05, 0) is 29.8 Å². The maximum atomic E-state index is 6.69. The average molecular weight is 687 g/mol. The van der Waals surface area contributed by atoms with Crippen molar-refractivity contribution in [2.75, 3.05) is 0 Å². The molecule has 3 heterocycles. The van der Waals surface area contributed by atoms with Crippen LogP contribution in [0, 0.1) is 0 Å². The molecule has 0 aliphatic heterocycles. The lowest BCUT2D eigenvalue weighted by Gasteiger charge is -2.11. The van der Waals surface area contributed by atoms with E-state index < -0.39 is 0 Å². The van der Waals surface area contributed by atoms with Crippen molar-refractivity contribution in [1.29, 1.82) is 0 Å². The topological polar surface area (TPSA) is 68.8 Å². The number of thiophene rings is 1. The minimum Gasteiger partial charge on any atom is -0.455 e. The van der Waals surface area contributed by atoms with Crippen LogP contribution in [0.1, 0.15) is 11.1 Å². The van der Waals surface area contributed by atoms with Gasteiger partial charge in [-0.2, -0.15) is 4.99 Å². The van der Waals surface area contributed by atoms with E-state index in [4.69, 9.17) is 20.1 Å². The molecular weight excluding hydrogens is 657 g/mol. The van der Waals surface area contributed by atoms with E-state index in [9.17, 15) is 0 Å². The predicted octanol–water partition coefficient (Wildman–Crippen LogP) is 12.0. The first-order valence-electron chi connectivity index (χ1n) is 17.1. The molecule has 0 saturated heterocycles. The summed E-state index contributed by atoms with van der Waals surface area (Å²) < 4.78 is 10.8. The van der Waals surface area contributed by atoms with E-state index in [0.29, 0.717) is 17.5 Å². The molecule has 0 bridgehead atoms. The summed E-state index contributed by atoms with van der Waals surface area (Å²) in [4.78, 5) is 10.2. The largest absolute Gasteiger partial charge is 0.455 e. The number of hydrogen-bond donors (Lipinski definition) is 1. The third kappa shape index (κ3) is 4.77. The van der Waals surface area contributed by atoms with Crippen molar-refractivity contribution in [2.45, 2.75) is 0 Å². The molecule has 10 aromatic rings. The van der Waals surface area contributed by atoms with Gasteiger partial charge in [-0.25, -0.2) is 4.99 Å². The van der Waals surface area contributed by atoms with E-state index in [1.54, 1.807) is 11.3 Å². The Morgan fingerprint density at radius 2 is 1.25 bits per heavy atom. The van der Waals surface area contributed by atoms with Crippen LogP contribution in [0.4, 0.5) is 0 Å². The summed E-state index contributed by atoms with van der Waals surface area (Å²) in [5, 5.41) is 6.83. The number of hydrogen-bond acceptors (Lipinski definition) is 3. The van der Waals surface area contributed by atoms with Crippen molar-refractivity contribution < 1.29 is 4.42 Å². The molecule has 2 N–H and O–H groups in total. The number of benzene rings is 7. The van der Waals surface area contributed by atoms with Crippen LogP contribution in [0.2, 0.25) is 0 Å². The minimum atomic E-state index is 0.376. The Labute approximate surface area is 302 Å². The van der Waals surface area contributed by atoms with Crippen LogP contribution in [0.15, 0.2) is 179 Å². The SMILES string of the molecule is C=C(N=C(N=C(N)c1ccccc1)n1c2ccccc2c2ccccc21)c1cccc2c1sc1cc(-c3cccc4c3oc3ccccc34)ccc12. The van der Waals surface area contributed by atoms with E-state index in [2.05, 4.69) is 114 Å². The number of para-hydroxylation sites is 4. The van der Waals surface area contributed by atoms with Gasteiger partial charge in [-0.1, -0.05) is 140 Å². The zero-order valence-corrected chi connectivity index (χ0v) is 28.8. The molecule has 52 heavy (non-hydrogen) atoms. The van der Waals surface area contributed by atoms with E-state index >= 15 is 0 Å². The van der Waals surface area contributed by atoms with E-state index in [-0.39, 0.29) is 0 Å². The lowest BCUT2D eigenvalue weighted by molar-refractivity contribution is 0.670. The van der Waals surface area contributed by atoms with Gasteiger partial charge in [0, 0.05) is 58.4 Å². The van der Waals surface area contributed by atoms with Crippen LogP contribution in [0.5, 0.6) is 0 Å². The normalized spacial score (nSPS) is 12.6. The molecule has 0 saturated carbocycles. The highest BCUT2D eigenvalue weighted by atomic mass is 32.1. The fraction of sp³-hybridized carbons (Fsp3) is 0. The van der Waals surface area contributed by atoms with Gasteiger partial charge in [0.1, 0.15) is 17.0 Å². The summed E-state index contributed by atoms with van der Waals surface area (Å²) in [5.41, 5.74) is 15.0. The Kier molecular flexibility index (Phi) is 6.91. The lowest BCUT2D eigenvalue weighted by atomic mass is 10.0. The fourth-order valence-electron chi connectivity index (χ4n) is 7.39. The molecule has 0 spiro atoms. The van der Waals surface area contributed by atoms with Crippen LogP contribution >= 0.6 is 11.3 Å². The monoisotopic (exact) mass is 686 g/mol. The van der Waals surface area contributed by atoms with Crippen LogP contribution in [0.3, 0.4) is 0 Å². The third-order valence-corrected chi connectivity index (χ3v) is 11.0. The van der Waals surface area contributed by atoms with Gasteiger partial charge >= 0.3 is 0 Å². The van der Waals surface area contributed by atoms with Gasteiger partial charge in [0.25, 0.3) is 0 Å². The molecule has 0 atom stereocenters. The summed E-state index contributed by atoms with van der Waals surface area (Å²) in [6.07, 6.45) is 0. The second-order valence-electron chi connectivity index (χ2n) is 12.9. The molecule has 6 heteroatoms. The summed E-state index contributed by atoms with van der Waals surface area (Å²) in [7, 11) is 0. The molecule has 0 amide bonds. The van der Waals surface area contributed by atoms with E-state index in [1.165, 1.54) is 10.1 Å². The molecule has 3 aromatic heterocycles. The van der Waals surface area contributed by atoms with Crippen molar-refractivity contribution in [1.82, 2.24) is 4.57 Å². The van der Waals surface area contributed by atoms with Crippen LogP contribution in [-0.2, 0) is 0 Å². The zero-order valence-electron chi connectivity index (χ0n) is 28.0. The zero-order chi connectivity index (χ0) is 34.8. The van der Waals surface area contributed by atoms with Gasteiger partial charge in [-0.3, -0.25) is 4.57 Å². The van der Waals surface area contributed by atoms with Crippen molar-refractivity contribution in [3.63, 3.8) is 0 Å². The van der Waals surface area contributed by atoms with Crippen molar-refractivity contribution in [2.24, 2.45) is 15.7 Å². The number of aromatic nitrogens is 1. The van der Waals surface area contributed by atoms with Gasteiger partial charge in [-0.15, -0.1) is 11.3 Å². The molecular formula is C46H30N4OS. The Morgan fingerprint density at radius 1 is 0.596 bits per heavy atom. The highest BCUT2D eigenvalue weighted by molar-refractivity contribution is 7.26. The summed E-state index contributed by atoms with van der Waals surface area (Å²) in [6.45, 7) is 4.54. The second-order valence-corrected chi connectivity index (χ2v) is 13.9. The maximum absolute atomic E-state index is 6.69. The first-order valence-corrected chi connectivity index (χ1v) is 18.0. The van der Waals surface area contributed by atoms with Gasteiger partial charge in [0.2, 0.25) is 5.96 Å². The quantitative estimate of drug-likeness (QED) is 0.148. The van der Waals surface area contributed by atoms with Gasteiger partial charge in [0.05, 0.1) is 16.7 Å². The number of amidine groups is 1.